The highest BCUT2D eigenvalue weighted by Crippen LogP contribution is 1.97. The highest BCUT2D eigenvalue weighted by molar-refractivity contribution is 5.93. The smallest absolute Gasteiger partial charge is 0.339 e. The molecule has 0 heterocycles. The number of carbonyl (C=O) groups is 2. The Morgan fingerprint density at radius 3 is 2.15 bits per heavy atom. The average Bonchev–Trinajstić information content (AvgIpc) is 2.17. The molecule has 5 heteroatoms. The third-order valence-electron chi connectivity index (χ3n) is 1.20. The quantitative estimate of drug-likeness (QED) is 0.372. The number of nitrogens with two attached hydrogens (primary N) is 1. The van der Waals surface area contributed by atoms with Gasteiger partial charge in [-0.05, 0) is 6.08 Å². The van der Waals surface area contributed by atoms with Crippen molar-refractivity contribution in [1.29, 1.82) is 0 Å². The van der Waals surface area contributed by atoms with E-state index in [1.165, 1.54) is 20.3 Å². The lowest BCUT2D eigenvalue weighted by Crippen LogP contribution is -2.05. The summed E-state index contributed by atoms with van der Waals surface area (Å²) >= 11 is 0. The third-order valence-corrected chi connectivity index (χ3v) is 1.20. The standard InChI is InChI=1S/C8H11NO4/c1-12-7(10)4-3-6(5-9)8(11)13-2/h3-5H,9H2,1-2H3/b4-3+,6-5+. The molecule has 13 heavy (non-hydrogen) atoms. The second kappa shape index (κ2) is 5.82. The Morgan fingerprint density at radius 1 is 1.15 bits per heavy atom. The molecule has 0 bridgehead atoms. The molecular formula is C8H11NO4. The Bertz CT molecular complexity index is 255. The summed E-state index contributed by atoms with van der Waals surface area (Å²) < 4.78 is 8.69. The minimum absolute atomic E-state index is 0.0906. The van der Waals surface area contributed by atoms with E-state index in [1.807, 2.05) is 0 Å². The zero-order valence-electron chi connectivity index (χ0n) is 7.44. The maximum atomic E-state index is 10.9. The zero-order chi connectivity index (χ0) is 10.3. The van der Waals surface area contributed by atoms with Gasteiger partial charge in [-0.25, -0.2) is 9.59 Å². The predicted molar refractivity (Wildman–Crippen MR) is 45.4 cm³/mol. The van der Waals surface area contributed by atoms with E-state index in [0.717, 1.165) is 12.3 Å². The Morgan fingerprint density at radius 2 is 1.77 bits per heavy atom. The summed E-state index contributed by atoms with van der Waals surface area (Å²) in [7, 11) is 2.45. The lowest BCUT2D eigenvalue weighted by Gasteiger charge is -1.97. The molecule has 0 aromatic carbocycles. The van der Waals surface area contributed by atoms with Crippen LogP contribution in [0.25, 0.3) is 0 Å². The van der Waals surface area contributed by atoms with Gasteiger partial charge in [0.2, 0.25) is 0 Å². The molecule has 0 saturated heterocycles. The number of hydrogen-bond donors (Lipinski definition) is 1. The van der Waals surface area contributed by atoms with Crippen LogP contribution in [0.4, 0.5) is 0 Å². The van der Waals surface area contributed by atoms with Gasteiger partial charge in [0.05, 0.1) is 19.8 Å². The second-order valence-electron chi connectivity index (χ2n) is 1.97. The molecule has 0 unspecified atom stereocenters. The molecule has 0 fully saturated rings. The fourth-order valence-corrected chi connectivity index (χ4v) is 0.535. The summed E-state index contributed by atoms with van der Waals surface area (Å²) in [6, 6.07) is 0. The summed E-state index contributed by atoms with van der Waals surface area (Å²) in [5.74, 6) is -1.18. The highest BCUT2D eigenvalue weighted by atomic mass is 16.5. The molecule has 0 aliphatic carbocycles. The molecule has 72 valence electrons. The molecule has 0 atom stereocenters. The summed E-state index contributed by atoms with van der Waals surface area (Å²) in [4.78, 5) is 21.5. The topological polar surface area (TPSA) is 78.6 Å². The van der Waals surface area contributed by atoms with Gasteiger partial charge >= 0.3 is 11.9 Å². The van der Waals surface area contributed by atoms with Crippen LogP contribution in [0.3, 0.4) is 0 Å². The summed E-state index contributed by atoms with van der Waals surface area (Å²) in [5.41, 5.74) is 5.20. The van der Waals surface area contributed by atoms with E-state index >= 15 is 0 Å². The Hall–Kier alpha value is -1.78. The van der Waals surface area contributed by atoms with Crippen LogP contribution < -0.4 is 5.73 Å². The minimum Gasteiger partial charge on any atom is -0.466 e. The van der Waals surface area contributed by atoms with Crippen molar-refractivity contribution < 1.29 is 19.1 Å². The van der Waals surface area contributed by atoms with Crippen LogP contribution >= 0.6 is 0 Å². The van der Waals surface area contributed by atoms with E-state index in [9.17, 15) is 9.59 Å². The van der Waals surface area contributed by atoms with Crippen LogP contribution in [0.2, 0.25) is 0 Å². The van der Waals surface area contributed by atoms with Crippen molar-refractivity contribution in [1.82, 2.24) is 0 Å². The van der Waals surface area contributed by atoms with Crippen molar-refractivity contribution in [3.8, 4) is 0 Å². The molecule has 0 aliphatic rings. The number of rotatable bonds is 3. The zero-order valence-corrected chi connectivity index (χ0v) is 7.44. The first-order valence-electron chi connectivity index (χ1n) is 3.42. The van der Waals surface area contributed by atoms with Gasteiger partial charge in [0.15, 0.2) is 0 Å². The van der Waals surface area contributed by atoms with E-state index in [-0.39, 0.29) is 5.57 Å². The molecule has 0 saturated carbocycles. The second-order valence-corrected chi connectivity index (χ2v) is 1.97. The van der Waals surface area contributed by atoms with Crippen molar-refractivity contribution >= 4 is 11.9 Å². The lowest BCUT2D eigenvalue weighted by molar-refractivity contribution is -0.135. The Kier molecular flexibility index (Phi) is 5.02. The summed E-state index contributed by atoms with van der Waals surface area (Å²) in [6.07, 6.45) is 3.35. The van der Waals surface area contributed by atoms with E-state index < -0.39 is 11.9 Å². The highest BCUT2D eigenvalue weighted by Gasteiger charge is 2.04. The van der Waals surface area contributed by atoms with Crippen LogP contribution in [0.1, 0.15) is 0 Å². The molecule has 0 rings (SSSR count). The Balaban J connectivity index is 4.39. The molecule has 0 radical (unpaired) electrons. The van der Waals surface area contributed by atoms with Crippen molar-refractivity contribution in [3.05, 3.63) is 23.9 Å². The van der Waals surface area contributed by atoms with Gasteiger partial charge in [0, 0.05) is 12.3 Å². The van der Waals surface area contributed by atoms with Crippen molar-refractivity contribution in [2.75, 3.05) is 14.2 Å². The first kappa shape index (κ1) is 11.2. The number of ether oxygens (including phenoxy) is 2. The molecule has 0 aromatic rings. The maximum absolute atomic E-state index is 10.9. The van der Waals surface area contributed by atoms with Gasteiger partial charge in [0.1, 0.15) is 0 Å². The van der Waals surface area contributed by atoms with E-state index in [4.69, 9.17) is 5.73 Å². The van der Waals surface area contributed by atoms with Crippen LogP contribution in [-0.2, 0) is 19.1 Å². The van der Waals surface area contributed by atoms with Crippen molar-refractivity contribution in [3.63, 3.8) is 0 Å². The van der Waals surface area contributed by atoms with E-state index in [2.05, 4.69) is 9.47 Å². The predicted octanol–water partition coefficient (Wildman–Crippen LogP) is -0.269. The van der Waals surface area contributed by atoms with Crippen LogP contribution in [0.5, 0.6) is 0 Å². The number of methoxy groups -OCH3 is 2. The van der Waals surface area contributed by atoms with Gasteiger partial charge < -0.3 is 15.2 Å². The van der Waals surface area contributed by atoms with Gasteiger partial charge in [-0.3, -0.25) is 0 Å². The fraction of sp³-hybridized carbons (Fsp3) is 0.250. The molecule has 0 aliphatic heterocycles. The minimum atomic E-state index is -0.609. The number of hydrogen-bond acceptors (Lipinski definition) is 5. The normalized spacial score (nSPS) is 11.4. The van der Waals surface area contributed by atoms with Gasteiger partial charge in [-0.1, -0.05) is 0 Å². The summed E-state index contributed by atoms with van der Waals surface area (Å²) in [6.45, 7) is 0. The van der Waals surface area contributed by atoms with E-state index in [0.29, 0.717) is 0 Å². The van der Waals surface area contributed by atoms with Gasteiger partial charge in [-0.15, -0.1) is 0 Å². The third kappa shape index (κ3) is 3.95. The molecular weight excluding hydrogens is 174 g/mol. The number of esters is 2. The van der Waals surface area contributed by atoms with E-state index in [1.54, 1.807) is 0 Å². The molecule has 0 spiro atoms. The van der Waals surface area contributed by atoms with Crippen LogP contribution in [0.15, 0.2) is 23.9 Å². The largest absolute Gasteiger partial charge is 0.466 e. The fourth-order valence-electron chi connectivity index (χ4n) is 0.535. The molecule has 2 N–H and O–H groups in total. The monoisotopic (exact) mass is 185 g/mol. The molecule has 0 amide bonds. The molecule has 0 aromatic heterocycles. The first-order chi connectivity index (χ1) is 6.15. The number of carbonyl (C=O) groups excluding carboxylic acids is 2. The maximum Gasteiger partial charge on any atom is 0.339 e. The van der Waals surface area contributed by atoms with Crippen molar-refractivity contribution in [2.24, 2.45) is 5.73 Å². The summed E-state index contributed by atoms with van der Waals surface area (Å²) in [5, 5.41) is 0. The average molecular weight is 185 g/mol. The van der Waals surface area contributed by atoms with Crippen LogP contribution in [-0.4, -0.2) is 26.2 Å². The lowest BCUT2D eigenvalue weighted by atomic mass is 10.2. The first-order valence-corrected chi connectivity index (χ1v) is 3.42. The van der Waals surface area contributed by atoms with Gasteiger partial charge in [-0.2, -0.15) is 0 Å². The van der Waals surface area contributed by atoms with Crippen LogP contribution in [0, 0.1) is 0 Å². The van der Waals surface area contributed by atoms with Gasteiger partial charge in [0.25, 0.3) is 0 Å². The SMILES string of the molecule is COC(=O)/C=C/C(=C\N)C(=O)OC. The van der Waals surface area contributed by atoms with Crippen molar-refractivity contribution in [2.45, 2.75) is 0 Å². The Labute approximate surface area is 75.8 Å². The molecule has 5 nitrogen and oxygen atoms in total.